The molecule has 2 heterocycles. The number of fused-ring (bicyclic) bond motifs is 2. The zero-order valence-corrected chi connectivity index (χ0v) is 13.0. The first-order valence-corrected chi connectivity index (χ1v) is 7.89. The van der Waals surface area contributed by atoms with Gasteiger partial charge in [0.15, 0.2) is 11.5 Å². The number of nitrogens with one attached hydrogen (secondary N) is 1. The van der Waals surface area contributed by atoms with Crippen LogP contribution < -0.4 is 5.32 Å². The highest BCUT2D eigenvalue weighted by Crippen LogP contribution is 2.35. The maximum atomic E-state index is 11.1. The molecule has 0 amide bonds. The Labute approximate surface area is 134 Å². The molecule has 2 aromatic heterocycles. The normalized spacial score (nSPS) is 20.4. The largest absolute Gasteiger partial charge is 0.383 e. The standard InChI is InChI=1S/C17H19N5O/c1-12-19-20-16-9-8-15(21-22(12)16)18-11-17(23)10-4-6-13-5-2-3-7-14(13)17/h2-3,5,7-9,23H,4,6,10-11H2,1H3,(H,18,21). The third-order valence-electron chi connectivity index (χ3n) is 4.54. The van der Waals surface area contributed by atoms with Crippen molar-refractivity contribution in [2.75, 3.05) is 11.9 Å². The molecular formula is C17H19N5O. The molecule has 6 heteroatoms. The topological polar surface area (TPSA) is 75.3 Å². The van der Waals surface area contributed by atoms with Gasteiger partial charge in [-0.1, -0.05) is 24.3 Å². The van der Waals surface area contributed by atoms with Gasteiger partial charge in [0.05, 0.1) is 0 Å². The maximum absolute atomic E-state index is 11.1. The summed E-state index contributed by atoms with van der Waals surface area (Å²) in [6.45, 7) is 2.30. The maximum Gasteiger partial charge on any atom is 0.178 e. The Morgan fingerprint density at radius 1 is 1.22 bits per heavy atom. The van der Waals surface area contributed by atoms with E-state index in [1.54, 1.807) is 4.52 Å². The molecule has 3 aromatic rings. The summed E-state index contributed by atoms with van der Waals surface area (Å²) in [5.74, 6) is 1.45. The molecule has 0 saturated heterocycles. The summed E-state index contributed by atoms with van der Waals surface area (Å²) in [5, 5.41) is 26.9. The molecule has 23 heavy (non-hydrogen) atoms. The van der Waals surface area contributed by atoms with Crippen LogP contribution in [0.4, 0.5) is 5.82 Å². The minimum absolute atomic E-state index is 0.434. The summed E-state index contributed by atoms with van der Waals surface area (Å²) >= 11 is 0. The van der Waals surface area contributed by atoms with E-state index in [-0.39, 0.29) is 0 Å². The number of aromatic nitrogens is 4. The van der Waals surface area contributed by atoms with Gasteiger partial charge >= 0.3 is 0 Å². The first-order valence-electron chi connectivity index (χ1n) is 7.89. The second-order valence-electron chi connectivity index (χ2n) is 6.13. The van der Waals surface area contributed by atoms with Crippen LogP contribution in [0.2, 0.25) is 0 Å². The summed E-state index contributed by atoms with van der Waals surface area (Å²) in [5.41, 5.74) is 2.13. The van der Waals surface area contributed by atoms with Crippen LogP contribution in [0.3, 0.4) is 0 Å². The van der Waals surface area contributed by atoms with Crippen molar-refractivity contribution in [2.24, 2.45) is 0 Å². The van der Waals surface area contributed by atoms with Crippen molar-refractivity contribution in [2.45, 2.75) is 31.8 Å². The van der Waals surface area contributed by atoms with Crippen LogP contribution in [0.1, 0.15) is 29.8 Å². The molecule has 1 unspecified atom stereocenters. The van der Waals surface area contributed by atoms with E-state index in [2.05, 4.69) is 26.7 Å². The van der Waals surface area contributed by atoms with E-state index in [4.69, 9.17) is 0 Å². The highest BCUT2D eigenvalue weighted by Gasteiger charge is 2.33. The van der Waals surface area contributed by atoms with Gasteiger partial charge in [0.25, 0.3) is 0 Å². The van der Waals surface area contributed by atoms with Gasteiger partial charge in [-0.25, -0.2) is 0 Å². The van der Waals surface area contributed by atoms with Gasteiger partial charge in [0, 0.05) is 6.54 Å². The van der Waals surface area contributed by atoms with Gasteiger partial charge in [-0.15, -0.1) is 15.3 Å². The predicted octanol–water partition coefficient (Wildman–Crippen LogP) is 2.07. The van der Waals surface area contributed by atoms with Crippen molar-refractivity contribution in [1.29, 1.82) is 0 Å². The fourth-order valence-electron chi connectivity index (χ4n) is 3.31. The van der Waals surface area contributed by atoms with Crippen LogP contribution in [0.5, 0.6) is 0 Å². The smallest absolute Gasteiger partial charge is 0.178 e. The Morgan fingerprint density at radius 2 is 2.09 bits per heavy atom. The van der Waals surface area contributed by atoms with E-state index < -0.39 is 5.60 Å². The van der Waals surface area contributed by atoms with Crippen molar-refractivity contribution >= 4 is 11.5 Å². The van der Waals surface area contributed by atoms with Crippen LogP contribution >= 0.6 is 0 Å². The SMILES string of the molecule is Cc1nnc2ccc(NCC3(O)CCCc4ccccc43)nn12. The predicted molar refractivity (Wildman–Crippen MR) is 87.3 cm³/mol. The monoisotopic (exact) mass is 309 g/mol. The Morgan fingerprint density at radius 3 is 3.00 bits per heavy atom. The molecule has 0 fully saturated rings. The quantitative estimate of drug-likeness (QED) is 0.774. The van der Waals surface area contributed by atoms with E-state index in [1.807, 2.05) is 37.3 Å². The van der Waals surface area contributed by atoms with Gasteiger partial charge in [-0.3, -0.25) is 0 Å². The van der Waals surface area contributed by atoms with Crippen LogP contribution in [0.15, 0.2) is 36.4 Å². The lowest BCUT2D eigenvalue weighted by molar-refractivity contribution is 0.0322. The Kier molecular flexibility index (Phi) is 3.27. The number of hydrogen-bond donors (Lipinski definition) is 2. The lowest BCUT2D eigenvalue weighted by Crippen LogP contribution is -2.37. The van der Waals surface area contributed by atoms with Gasteiger partial charge in [-0.2, -0.15) is 4.52 Å². The number of aliphatic hydroxyl groups is 1. The molecule has 0 spiro atoms. The summed E-state index contributed by atoms with van der Waals surface area (Å²) in [7, 11) is 0. The minimum Gasteiger partial charge on any atom is -0.383 e. The van der Waals surface area contributed by atoms with E-state index in [0.29, 0.717) is 12.4 Å². The number of nitrogens with zero attached hydrogens (tertiary/aromatic N) is 4. The zero-order chi connectivity index (χ0) is 15.9. The van der Waals surface area contributed by atoms with Crippen molar-refractivity contribution in [3.05, 3.63) is 53.3 Å². The summed E-state index contributed by atoms with van der Waals surface area (Å²) in [6, 6.07) is 11.9. The fourth-order valence-corrected chi connectivity index (χ4v) is 3.31. The van der Waals surface area contributed by atoms with Crippen molar-refractivity contribution in [3.8, 4) is 0 Å². The molecular weight excluding hydrogens is 290 g/mol. The average Bonchev–Trinajstić information content (AvgIpc) is 2.95. The lowest BCUT2D eigenvalue weighted by Gasteiger charge is -2.34. The van der Waals surface area contributed by atoms with Gasteiger partial charge in [0.1, 0.15) is 11.4 Å². The summed E-state index contributed by atoms with van der Waals surface area (Å²) in [6.07, 6.45) is 2.78. The first kappa shape index (κ1) is 14.1. The number of benzene rings is 1. The number of aryl methyl sites for hydroxylation is 2. The van der Waals surface area contributed by atoms with E-state index >= 15 is 0 Å². The minimum atomic E-state index is -0.853. The van der Waals surface area contributed by atoms with Crippen LogP contribution in [-0.4, -0.2) is 31.5 Å². The summed E-state index contributed by atoms with van der Waals surface area (Å²) in [4.78, 5) is 0. The molecule has 0 saturated carbocycles. The number of anilines is 1. The third kappa shape index (κ3) is 2.45. The number of hydrogen-bond acceptors (Lipinski definition) is 5. The van der Waals surface area contributed by atoms with E-state index in [9.17, 15) is 5.11 Å². The summed E-state index contributed by atoms with van der Waals surface area (Å²) < 4.78 is 1.70. The molecule has 1 aromatic carbocycles. The lowest BCUT2D eigenvalue weighted by atomic mass is 9.79. The van der Waals surface area contributed by atoms with Gasteiger partial charge in [-0.05, 0) is 49.4 Å². The van der Waals surface area contributed by atoms with E-state index in [1.165, 1.54) is 5.56 Å². The van der Waals surface area contributed by atoms with Crippen molar-refractivity contribution in [1.82, 2.24) is 19.8 Å². The molecule has 6 nitrogen and oxygen atoms in total. The third-order valence-corrected chi connectivity index (χ3v) is 4.54. The van der Waals surface area contributed by atoms with Crippen LogP contribution in [0.25, 0.3) is 5.65 Å². The number of rotatable bonds is 3. The molecule has 1 atom stereocenters. The van der Waals surface area contributed by atoms with E-state index in [0.717, 1.165) is 36.3 Å². The van der Waals surface area contributed by atoms with Gasteiger partial charge < -0.3 is 10.4 Å². The second kappa shape index (κ2) is 5.31. The molecule has 0 bridgehead atoms. The molecule has 118 valence electrons. The van der Waals surface area contributed by atoms with Crippen molar-refractivity contribution < 1.29 is 5.11 Å². The molecule has 0 radical (unpaired) electrons. The highest BCUT2D eigenvalue weighted by molar-refractivity contribution is 5.45. The van der Waals surface area contributed by atoms with Crippen molar-refractivity contribution in [3.63, 3.8) is 0 Å². The fraction of sp³-hybridized carbons (Fsp3) is 0.353. The Bertz CT molecular complexity index is 859. The molecule has 2 N–H and O–H groups in total. The molecule has 4 rings (SSSR count). The van der Waals surface area contributed by atoms with Crippen LogP contribution in [0, 0.1) is 6.92 Å². The molecule has 0 aliphatic heterocycles. The average molecular weight is 309 g/mol. The Balaban J connectivity index is 1.59. The Hall–Kier alpha value is -2.47. The first-order chi connectivity index (χ1) is 11.2. The molecule has 1 aliphatic rings. The van der Waals surface area contributed by atoms with Crippen LogP contribution in [-0.2, 0) is 12.0 Å². The molecule has 1 aliphatic carbocycles. The second-order valence-corrected chi connectivity index (χ2v) is 6.13. The highest BCUT2D eigenvalue weighted by atomic mass is 16.3. The van der Waals surface area contributed by atoms with Gasteiger partial charge in [0.2, 0.25) is 0 Å². The zero-order valence-electron chi connectivity index (χ0n) is 13.0.